The van der Waals surface area contributed by atoms with Crippen molar-refractivity contribution in [1.82, 2.24) is 14.5 Å². The minimum atomic E-state index is 0.720. The van der Waals surface area contributed by atoms with E-state index in [1.54, 1.807) is 0 Å². The van der Waals surface area contributed by atoms with Crippen molar-refractivity contribution in [2.24, 2.45) is 7.05 Å². The molecular weight excluding hydrogens is 236 g/mol. The standard InChI is InChI=1S/C15H16N4/c1-11-18-14-9-12(6-7-15(14)19(11)2)17-10-13-5-3-4-8-16-13/h3-9,17H,10H2,1-2H3. The predicted molar refractivity (Wildman–Crippen MR) is 77.0 cm³/mol. The van der Waals surface area contributed by atoms with Crippen molar-refractivity contribution in [3.63, 3.8) is 0 Å². The first-order valence-electron chi connectivity index (χ1n) is 6.31. The molecule has 0 spiro atoms. The molecule has 0 aliphatic rings. The lowest BCUT2D eigenvalue weighted by Crippen LogP contribution is -2.00. The molecule has 0 atom stereocenters. The van der Waals surface area contributed by atoms with Gasteiger partial charge in [0.05, 0.1) is 23.3 Å². The summed E-state index contributed by atoms with van der Waals surface area (Å²) in [5.41, 5.74) is 4.27. The van der Waals surface area contributed by atoms with Gasteiger partial charge >= 0.3 is 0 Å². The molecule has 3 rings (SSSR count). The largest absolute Gasteiger partial charge is 0.379 e. The molecule has 0 bridgehead atoms. The van der Waals surface area contributed by atoms with E-state index in [-0.39, 0.29) is 0 Å². The molecule has 0 aliphatic carbocycles. The summed E-state index contributed by atoms with van der Waals surface area (Å²) in [4.78, 5) is 8.83. The zero-order valence-corrected chi connectivity index (χ0v) is 11.1. The number of nitrogens with one attached hydrogen (secondary N) is 1. The average molecular weight is 252 g/mol. The number of aromatic nitrogens is 3. The van der Waals surface area contributed by atoms with Gasteiger partial charge in [0.1, 0.15) is 5.82 Å². The first-order valence-corrected chi connectivity index (χ1v) is 6.31. The number of rotatable bonds is 3. The van der Waals surface area contributed by atoms with Gasteiger partial charge in [-0.05, 0) is 37.3 Å². The Kier molecular flexibility index (Phi) is 2.91. The van der Waals surface area contributed by atoms with Crippen LogP contribution in [0.3, 0.4) is 0 Å². The van der Waals surface area contributed by atoms with Crippen LogP contribution in [0, 0.1) is 6.92 Å². The minimum absolute atomic E-state index is 0.720. The van der Waals surface area contributed by atoms with Gasteiger partial charge in [-0.1, -0.05) is 6.07 Å². The average Bonchev–Trinajstić information content (AvgIpc) is 2.73. The quantitative estimate of drug-likeness (QED) is 0.779. The maximum atomic E-state index is 4.54. The number of aryl methyl sites for hydroxylation is 2. The first-order chi connectivity index (χ1) is 9.24. The number of hydrogen-bond acceptors (Lipinski definition) is 3. The molecule has 96 valence electrons. The van der Waals surface area contributed by atoms with Crippen molar-refractivity contribution < 1.29 is 0 Å². The van der Waals surface area contributed by atoms with Gasteiger partial charge in [-0.2, -0.15) is 0 Å². The third-order valence-electron chi connectivity index (χ3n) is 3.30. The molecule has 19 heavy (non-hydrogen) atoms. The highest BCUT2D eigenvalue weighted by atomic mass is 15.1. The topological polar surface area (TPSA) is 42.7 Å². The van der Waals surface area contributed by atoms with Gasteiger partial charge in [0.25, 0.3) is 0 Å². The summed E-state index contributed by atoms with van der Waals surface area (Å²) in [6.45, 7) is 2.74. The van der Waals surface area contributed by atoms with Crippen LogP contribution in [0.4, 0.5) is 5.69 Å². The van der Waals surface area contributed by atoms with Crippen LogP contribution in [0.1, 0.15) is 11.5 Å². The smallest absolute Gasteiger partial charge is 0.106 e. The monoisotopic (exact) mass is 252 g/mol. The molecule has 0 fully saturated rings. The lowest BCUT2D eigenvalue weighted by molar-refractivity contribution is 0.886. The van der Waals surface area contributed by atoms with Crippen molar-refractivity contribution in [1.29, 1.82) is 0 Å². The number of pyridine rings is 1. The Bertz CT molecular complexity index is 701. The normalized spacial score (nSPS) is 10.8. The fraction of sp³-hybridized carbons (Fsp3) is 0.200. The van der Waals surface area contributed by atoms with E-state index < -0.39 is 0 Å². The Hall–Kier alpha value is -2.36. The molecule has 0 unspecified atom stereocenters. The minimum Gasteiger partial charge on any atom is -0.379 e. The summed E-state index contributed by atoms with van der Waals surface area (Å²) in [6, 6.07) is 12.2. The molecule has 4 heteroatoms. The second-order valence-electron chi connectivity index (χ2n) is 4.60. The van der Waals surface area contributed by atoms with Crippen molar-refractivity contribution in [2.45, 2.75) is 13.5 Å². The van der Waals surface area contributed by atoms with Crippen LogP contribution < -0.4 is 5.32 Å². The predicted octanol–water partition coefficient (Wildman–Crippen LogP) is 2.89. The van der Waals surface area contributed by atoms with Crippen LogP contribution in [0.25, 0.3) is 11.0 Å². The number of nitrogens with zero attached hydrogens (tertiary/aromatic N) is 3. The zero-order valence-electron chi connectivity index (χ0n) is 11.1. The summed E-state index contributed by atoms with van der Waals surface area (Å²) >= 11 is 0. The maximum absolute atomic E-state index is 4.54. The van der Waals surface area contributed by atoms with Crippen LogP contribution in [-0.2, 0) is 13.6 Å². The van der Waals surface area contributed by atoms with Crippen molar-refractivity contribution in [3.05, 3.63) is 54.1 Å². The van der Waals surface area contributed by atoms with Crippen molar-refractivity contribution in [2.75, 3.05) is 5.32 Å². The van der Waals surface area contributed by atoms with E-state index >= 15 is 0 Å². The van der Waals surface area contributed by atoms with E-state index in [0.717, 1.165) is 34.8 Å². The van der Waals surface area contributed by atoms with Crippen LogP contribution in [0.15, 0.2) is 42.6 Å². The highest BCUT2D eigenvalue weighted by Crippen LogP contribution is 2.19. The molecule has 4 nitrogen and oxygen atoms in total. The highest BCUT2D eigenvalue weighted by molar-refractivity contribution is 5.80. The van der Waals surface area contributed by atoms with Crippen LogP contribution in [0.5, 0.6) is 0 Å². The Morgan fingerprint density at radius 1 is 1.21 bits per heavy atom. The summed E-state index contributed by atoms with van der Waals surface area (Å²) in [7, 11) is 2.03. The van der Waals surface area contributed by atoms with Crippen LogP contribution in [0.2, 0.25) is 0 Å². The number of anilines is 1. The molecule has 0 saturated carbocycles. The third-order valence-corrected chi connectivity index (χ3v) is 3.30. The summed E-state index contributed by atoms with van der Waals surface area (Å²) in [5, 5.41) is 3.37. The first kappa shape index (κ1) is 11.7. The lowest BCUT2D eigenvalue weighted by atomic mass is 10.2. The Balaban J connectivity index is 1.82. The molecule has 2 aromatic heterocycles. The second-order valence-corrected chi connectivity index (χ2v) is 4.60. The van der Waals surface area contributed by atoms with Crippen LogP contribution in [-0.4, -0.2) is 14.5 Å². The molecule has 1 N–H and O–H groups in total. The van der Waals surface area contributed by atoms with E-state index in [1.165, 1.54) is 0 Å². The molecule has 0 amide bonds. The van der Waals surface area contributed by atoms with Crippen LogP contribution >= 0.6 is 0 Å². The fourth-order valence-electron chi connectivity index (χ4n) is 2.13. The highest BCUT2D eigenvalue weighted by Gasteiger charge is 2.04. The van der Waals surface area contributed by atoms with Gasteiger partial charge in [-0.3, -0.25) is 4.98 Å². The van der Waals surface area contributed by atoms with E-state index in [4.69, 9.17) is 0 Å². The molecule has 0 radical (unpaired) electrons. The Morgan fingerprint density at radius 3 is 2.89 bits per heavy atom. The zero-order chi connectivity index (χ0) is 13.2. The summed E-state index contributed by atoms with van der Waals surface area (Å²) in [6.07, 6.45) is 1.81. The number of fused-ring (bicyclic) bond motifs is 1. The molecular formula is C15H16N4. The lowest BCUT2D eigenvalue weighted by Gasteiger charge is -2.06. The van der Waals surface area contributed by atoms with E-state index in [1.807, 2.05) is 38.4 Å². The van der Waals surface area contributed by atoms with Gasteiger partial charge < -0.3 is 9.88 Å². The molecule has 2 heterocycles. The van der Waals surface area contributed by atoms with E-state index in [0.29, 0.717) is 0 Å². The molecule has 3 aromatic rings. The summed E-state index contributed by atoms with van der Waals surface area (Å²) in [5.74, 6) is 1.02. The van der Waals surface area contributed by atoms with Gasteiger partial charge in [0.2, 0.25) is 0 Å². The number of imidazole rings is 1. The number of hydrogen-bond donors (Lipinski definition) is 1. The molecule has 0 saturated heterocycles. The van der Waals surface area contributed by atoms with Gasteiger partial charge in [-0.25, -0.2) is 4.98 Å². The second kappa shape index (κ2) is 4.72. The summed E-state index contributed by atoms with van der Waals surface area (Å²) < 4.78 is 2.10. The Labute approximate surface area is 112 Å². The van der Waals surface area contributed by atoms with Gasteiger partial charge in [-0.15, -0.1) is 0 Å². The SMILES string of the molecule is Cc1nc2cc(NCc3ccccn3)ccc2n1C. The molecule has 1 aromatic carbocycles. The molecule has 0 aliphatic heterocycles. The Morgan fingerprint density at radius 2 is 2.11 bits per heavy atom. The number of benzene rings is 1. The van der Waals surface area contributed by atoms with Crippen molar-refractivity contribution in [3.8, 4) is 0 Å². The fourth-order valence-corrected chi connectivity index (χ4v) is 2.13. The van der Waals surface area contributed by atoms with Gasteiger partial charge in [0, 0.05) is 18.9 Å². The van der Waals surface area contributed by atoms with E-state index in [9.17, 15) is 0 Å². The van der Waals surface area contributed by atoms with Gasteiger partial charge in [0.15, 0.2) is 0 Å². The van der Waals surface area contributed by atoms with Crippen molar-refractivity contribution >= 4 is 16.7 Å². The third kappa shape index (κ3) is 2.29. The van der Waals surface area contributed by atoms with E-state index in [2.05, 4.69) is 38.1 Å². The maximum Gasteiger partial charge on any atom is 0.106 e.